The number of likely N-dealkylation sites (tertiary alicyclic amines) is 1. The Hall–Kier alpha value is -1.93. The number of hydrogen-bond donors (Lipinski definition) is 1. The highest BCUT2D eigenvalue weighted by molar-refractivity contribution is 7.89. The summed E-state index contributed by atoms with van der Waals surface area (Å²) in [4.78, 5) is 25.8. The fourth-order valence-corrected chi connectivity index (χ4v) is 4.81. The molecule has 0 radical (unpaired) electrons. The molecule has 144 valence electrons. The smallest absolute Gasteiger partial charge is 0.308 e. The highest BCUT2D eigenvalue weighted by Crippen LogP contribution is 2.27. The monoisotopic (exact) mass is 382 g/mol. The number of amides is 1. The zero-order chi connectivity index (χ0) is 19.6. The van der Waals surface area contributed by atoms with E-state index in [1.165, 1.54) is 21.3 Å². The first-order chi connectivity index (χ1) is 12.1. The van der Waals surface area contributed by atoms with Crippen LogP contribution in [0.25, 0.3) is 0 Å². The van der Waals surface area contributed by atoms with Crippen LogP contribution in [0.15, 0.2) is 23.1 Å². The number of aliphatic carboxylic acids is 1. The molecule has 0 bridgehead atoms. The number of carbonyl (C=O) groups is 2. The molecule has 1 aliphatic heterocycles. The molecular weight excluding hydrogens is 356 g/mol. The molecule has 2 atom stereocenters. The second-order valence-electron chi connectivity index (χ2n) is 6.70. The van der Waals surface area contributed by atoms with E-state index in [1.807, 2.05) is 0 Å². The van der Waals surface area contributed by atoms with Crippen molar-refractivity contribution in [1.29, 1.82) is 0 Å². The van der Waals surface area contributed by atoms with Crippen LogP contribution < -0.4 is 0 Å². The van der Waals surface area contributed by atoms with Gasteiger partial charge in [-0.25, -0.2) is 8.42 Å². The zero-order valence-electron chi connectivity index (χ0n) is 15.6. The van der Waals surface area contributed by atoms with Crippen molar-refractivity contribution in [2.45, 2.75) is 32.6 Å². The van der Waals surface area contributed by atoms with Gasteiger partial charge in [-0.05, 0) is 30.5 Å². The molecule has 0 aliphatic carbocycles. The molecule has 1 fully saturated rings. The molecule has 0 spiro atoms. The predicted molar refractivity (Wildman–Crippen MR) is 97.5 cm³/mol. The van der Waals surface area contributed by atoms with Gasteiger partial charge in [0.05, 0.1) is 10.8 Å². The third kappa shape index (κ3) is 3.76. The average molecular weight is 382 g/mol. The molecule has 8 heteroatoms. The summed E-state index contributed by atoms with van der Waals surface area (Å²) in [6.07, 6.45) is 0. The van der Waals surface area contributed by atoms with Crippen molar-refractivity contribution in [1.82, 2.24) is 9.21 Å². The second kappa shape index (κ2) is 7.75. The molecule has 1 amide bonds. The largest absolute Gasteiger partial charge is 0.481 e. The summed E-state index contributed by atoms with van der Waals surface area (Å²) in [6, 6.07) is 4.54. The Morgan fingerprint density at radius 3 is 2.35 bits per heavy atom. The van der Waals surface area contributed by atoms with Crippen LogP contribution in [0.4, 0.5) is 0 Å². The fraction of sp³-hybridized carbons (Fsp3) is 0.556. The van der Waals surface area contributed by atoms with Crippen molar-refractivity contribution in [3.8, 4) is 0 Å². The topological polar surface area (TPSA) is 95.0 Å². The Labute approximate surface area is 154 Å². The molecule has 1 N–H and O–H groups in total. The Morgan fingerprint density at radius 1 is 1.23 bits per heavy atom. The van der Waals surface area contributed by atoms with E-state index in [0.29, 0.717) is 30.8 Å². The highest BCUT2D eigenvalue weighted by Gasteiger charge is 2.37. The van der Waals surface area contributed by atoms with Crippen LogP contribution in [0.3, 0.4) is 0 Å². The van der Waals surface area contributed by atoms with Gasteiger partial charge < -0.3 is 10.0 Å². The number of carboxylic acids is 1. The van der Waals surface area contributed by atoms with Crippen LogP contribution in [0.1, 0.15) is 36.7 Å². The van der Waals surface area contributed by atoms with E-state index < -0.39 is 21.9 Å². The molecule has 0 aromatic heterocycles. The van der Waals surface area contributed by atoms with Gasteiger partial charge in [-0.1, -0.05) is 26.8 Å². The van der Waals surface area contributed by atoms with E-state index in [1.54, 1.807) is 33.8 Å². The van der Waals surface area contributed by atoms with Crippen LogP contribution in [0.2, 0.25) is 0 Å². The van der Waals surface area contributed by atoms with Gasteiger partial charge in [0, 0.05) is 31.7 Å². The maximum atomic E-state index is 12.9. The first-order valence-electron chi connectivity index (χ1n) is 8.76. The van der Waals surface area contributed by atoms with E-state index in [2.05, 4.69) is 0 Å². The SMILES string of the molecule is CCN(CC)S(=O)(=O)c1ccc(C)c(C(=O)N2C[C@@H](C)[C@H](C(=O)O)C2)c1. The Morgan fingerprint density at radius 2 is 1.85 bits per heavy atom. The van der Waals surface area contributed by atoms with Gasteiger partial charge in [-0.15, -0.1) is 0 Å². The van der Waals surface area contributed by atoms with Crippen LogP contribution >= 0.6 is 0 Å². The first kappa shape index (κ1) is 20.4. The average Bonchev–Trinajstić information content (AvgIpc) is 2.97. The predicted octanol–water partition coefficient (Wildman–Crippen LogP) is 1.82. The van der Waals surface area contributed by atoms with Gasteiger partial charge in [0.25, 0.3) is 5.91 Å². The van der Waals surface area contributed by atoms with Crippen molar-refractivity contribution in [3.05, 3.63) is 29.3 Å². The van der Waals surface area contributed by atoms with Gasteiger partial charge in [0.1, 0.15) is 0 Å². The summed E-state index contributed by atoms with van der Waals surface area (Å²) in [5, 5.41) is 9.25. The van der Waals surface area contributed by atoms with Crippen molar-refractivity contribution in [2.24, 2.45) is 11.8 Å². The van der Waals surface area contributed by atoms with Crippen molar-refractivity contribution < 1.29 is 23.1 Å². The lowest BCUT2D eigenvalue weighted by atomic mass is 9.99. The van der Waals surface area contributed by atoms with E-state index >= 15 is 0 Å². The molecule has 1 aromatic rings. The normalized spacial score (nSPS) is 20.6. The van der Waals surface area contributed by atoms with Crippen molar-refractivity contribution >= 4 is 21.9 Å². The molecule has 1 aromatic carbocycles. The molecule has 0 unspecified atom stereocenters. The minimum atomic E-state index is -3.66. The molecule has 26 heavy (non-hydrogen) atoms. The molecule has 7 nitrogen and oxygen atoms in total. The standard InChI is InChI=1S/C18H26N2O5S/c1-5-20(6-2)26(24,25)14-8-7-12(3)15(9-14)17(21)19-10-13(4)16(11-19)18(22)23/h7-9,13,16H,5-6,10-11H2,1-4H3,(H,22,23)/t13-,16-/m1/s1. The van der Waals surface area contributed by atoms with Crippen LogP contribution in [-0.4, -0.2) is 60.8 Å². The van der Waals surface area contributed by atoms with Crippen LogP contribution in [0, 0.1) is 18.8 Å². The molecule has 2 rings (SSSR count). The fourth-order valence-electron chi connectivity index (χ4n) is 3.33. The number of carboxylic acid groups (broad SMARTS) is 1. The summed E-state index contributed by atoms with van der Waals surface area (Å²) >= 11 is 0. The lowest BCUT2D eigenvalue weighted by Crippen LogP contribution is -2.32. The Kier molecular flexibility index (Phi) is 6.08. The van der Waals surface area contributed by atoms with E-state index in [-0.39, 0.29) is 23.3 Å². The maximum Gasteiger partial charge on any atom is 0.308 e. The maximum absolute atomic E-state index is 12.9. The van der Waals surface area contributed by atoms with E-state index in [4.69, 9.17) is 0 Å². The van der Waals surface area contributed by atoms with Gasteiger partial charge >= 0.3 is 5.97 Å². The minimum Gasteiger partial charge on any atom is -0.481 e. The van der Waals surface area contributed by atoms with Gasteiger partial charge in [0.2, 0.25) is 10.0 Å². The van der Waals surface area contributed by atoms with E-state index in [0.717, 1.165) is 0 Å². The number of sulfonamides is 1. The van der Waals surface area contributed by atoms with Gasteiger partial charge in [-0.3, -0.25) is 9.59 Å². The quantitative estimate of drug-likeness (QED) is 0.810. The number of hydrogen-bond acceptors (Lipinski definition) is 4. The lowest BCUT2D eigenvalue weighted by molar-refractivity contribution is -0.142. The summed E-state index contributed by atoms with van der Waals surface area (Å²) in [7, 11) is -3.66. The Bertz CT molecular complexity index is 802. The van der Waals surface area contributed by atoms with Crippen LogP contribution in [-0.2, 0) is 14.8 Å². The Balaban J connectivity index is 2.36. The molecule has 1 heterocycles. The van der Waals surface area contributed by atoms with Gasteiger partial charge in [-0.2, -0.15) is 4.31 Å². The molecule has 0 saturated carbocycles. The number of benzene rings is 1. The molecule has 1 saturated heterocycles. The summed E-state index contributed by atoms with van der Waals surface area (Å²) < 4.78 is 26.8. The number of nitrogens with zero attached hydrogens (tertiary/aromatic N) is 2. The number of carbonyl (C=O) groups excluding carboxylic acids is 1. The summed E-state index contributed by atoms with van der Waals surface area (Å²) in [5.74, 6) is -1.97. The summed E-state index contributed by atoms with van der Waals surface area (Å²) in [6.45, 7) is 8.26. The third-order valence-electron chi connectivity index (χ3n) is 5.00. The number of rotatable bonds is 6. The minimum absolute atomic E-state index is 0.0807. The van der Waals surface area contributed by atoms with Crippen molar-refractivity contribution in [2.75, 3.05) is 26.2 Å². The van der Waals surface area contributed by atoms with Crippen LogP contribution in [0.5, 0.6) is 0 Å². The third-order valence-corrected chi connectivity index (χ3v) is 7.05. The molecule has 1 aliphatic rings. The van der Waals surface area contributed by atoms with Crippen molar-refractivity contribution in [3.63, 3.8) is 0 Å². The number of aryl methyl sites for hydroxylation is 1. The zero-order valence-corrected chi connectivity index (χ0v) is 16.4. The highest BCUT2D eigenvalue weighted by atomic mass is 32.2. The molecular formula is C18H26N2O5S. The van der Waals surface area contributed by atoms with Gasteiger partial charge in [0.15, 0.2) is 0 Å². The first-order valence-corrected chi connectivity index (χ1v) is 10.2. The summed E-state index contributed by atoms with van der Waals surface area (Å²) in [5.41, 5.74) is 0.969. The second-order valence-corrected chi connectivity index (χ2v) is 8.64. The lowest BCUT2D eigenvalue weighted by Gasteiger charge is -2.21. The van der Waals surface area contributed by atoms with E-state index in [9.17, 15) is 23.1 Å².